The quantitative estimate of drug-likeness (QED) is 0.102. The van der Waals surface area contributed by atoms with Crippen molar-refractivity contribution in [2.45, 2.75) is 0 Å². The van der Waals surface area contributed by atoms with Gasteiger partial charge in [0.1, 0.15) is 0 Å². The number of halogens is 8. The van der Waals surface area contributed by atoms with Gasteiger partial charge in [-0.25, -0.2) is 0 Å². The molecule has 0 aliphatic carbocycles. The Morgan fingerprint density at radius 3 is 0.400 bits per heavy atom. The van der Waals surface area contributed by atoms with E-state index in [0.29, 0.717) is 68.2 Å². The molecule has 150 heavy (non-hydrogen) atoms. The average molecular weight is 2790 g/mol. The first-order chi connectivity index (χ1) is 73.3. The summed E-state index contributed by atoms with van der Waals surface area (Å²) < 4.78 is 133. The summed E-state index contributed by atoms with van der Waals surface area (Å²) >= 11 is -27.0. The number of rotatable bonds is 9. The van der Waals surface area contributed by atoms with E-state index in [9.17, 15) is 0 Å². The van der Waals surface area contributed by atoms with Gasteiger partial charge in [-0.1, -0.05) is 0 Å². The van der Waals surface area contributed by atoms with Gasteiger partial charge in [0.2, 0.25) is 0 Å². The molecule has 0 bridgehead atoms. The van der Waals surface area contributed by atoms with Crippen LogP contribution in [0.1, 0.15) is 0 Å². The first-order valence-electron chi connectivity index (χ1n) is 49.4. The maximum absolute atomic E-state index is 19.1. The van der Waals surface area contributed by atoms with Gasteiger partial charge >= 0.3 is 886 Å². The van der Waals surface area contributed by atoms with E-state index in [1.165, 1.54) is 0 Å². The zero-order valence-corrected chi connectivity index (χ0v) is 94.7. The number of benzene rings is 21. The Labute approximate surface area is 876 Å². The van der Waals surface area contributed by atoms with Crippen LogP contribution in [0.4, 0.5) is 169 Å². The van der Waals surface area contributed by atoms with Gasteiger partial charge in [0.05, 0.1) is 0 Å². The Hall–Kier alpha value is -15.1. The second-order valence-electron chi connectivity index (χ2n) is 38.6. The van der Waals surface area contributed by atoms with Crippen LogP contribution in [0.2, 0.25) is 0 Å². The van der Waals surface area contributed by atoms with Gasteiger partial charge in [-0.15, -0.1) is 0 Å². The summed E-state index contributed by atoms with van der Waals surface area (Å²) in [5, 5.41) is 0. The summed E-state index contributed by atoms with van der Waals surface area (Å²) in [6.07, 6.45) is 0. The van der Waals surface area contributed by atoms with E-state index < -0.39 is 76.4 Å². The first-order valence-corrected chi connectivity index (χ1v) is 86.7. The third-order valence-corrected chi connectivity index (χ3v) is 97.4. The van der Waals surface area contributed by atoms with Crippen LogP contribution in [0.5, 0.6) is 34.5 Å². The number of ether oxygens (including phenoxy) is 3. The topological polar surface area (TPSA) is 56.9 Å². The van der Waals surface area contributed by atoms with Crippen molar-refractivity contribution in [1.82, 2.24) is 0 Å². The number of nitrogens with zero attached hydrogens (tertiary/aromatic N) is 9. The molecule has 0 saturated carbocycles. The molecule has 0 N–H and O–H groups in total. The van der Waals surface area contributed by atoms with Crippen molar-refractivity contribution in [1.29, 1.82) is 0 Å². The van der Waals surface area contributed by atoms with Gasteiger partial charge in [0.15, 0.2) is 0 Å². The van der Waals surface area contributed by atoms with Crippen LogP contribution in [-0.4, -0.2) is 76.4 Å². The van der Waals surface area contributed by atoms with Crippen LogP contribution >= 0.6 is 17.0 Å². The van der Waals surface area contributed by atoms with E-state index in [-0.39, 0.29) is 63.9 Å². The predicted octanol–water partition coefficient (Wildman–Crippen LogP) is 29.1. The van der Waals surface area contributed by atoms with Crippen molar-refractivity contribution in [3.05, 3.63) is 491 Å². The molecular weight excluding hydrogens is 2710 g/mol. The summed E-state index contributed by atoms with van der Waals surface area (Å²) in [6, 6.07) is 158. The number of hydrogen-bond acceptors (Lipinski definition) is 12. The zero-order chi connectivity index (χ0) is 100. The Kier molecular flexibility index (Phi) is 19.3. The molecule has 12 heterocycles. The van der Waals surface area contributed by atoms with Crippen molar-refractivity contribution >= 4 is 286 Å². The zero-order valence-electron chi connectivity index (χ0n) is 79.3. The van der Waals surface area contributed by atoms with Crippen LogP contribution in [0.3, 0.4) is 0 Å². The maximum atomic E-state index is 19.1. The molecule has 0 fully saturated rings. The molecule has 12 aliphatic rings. The number of para-hydroxylation sites is 9. The van der Waals surface area contributed by atoms with Crippen molar-refractivity contribution < 1.29 is 30.0 Å². The van der Waals surface area contributed by atoms with Crippen LogP contribution < -0.4 is 97.6 Å². The molecule has 12 aliphatic heterocycles. The minimum atomic E-state index is -7.34. The minimum absolute atomic E-state index is 0.0175. The fourth-order valence-electron chi connectivity index (χ4n) is 25.3. The van der Waals surface area contributed by atoms with E-state index in [0.717, 1.165) is 95.1 Å². The van der Waals surface area contributed by atoms with E-state index in [2.05, 4.69) is 160 Å². The third kappa shape index (κ3) is 11.9. The van der Waals surface area contributed by atoms with Crippen molar-refractivity contribution in [3.63, 3.8) is 0 Å². The summed E-state index contributed by atoms with van der Waals surface area (Å²) in [5.41, 5.74) is 21.1. The van der Waals surface area contributed by atoms with E-state index in [1.807, 2.05) is 308 Å². The van der Waals surface area contributed by atoms with E-state index in [1.54, 1.807) is 66.7 Å². The van der Waals surface area contributed by atoms with Gasteiger partial charge in [-0.3, -0.25) is 0 Å². The molecule has 0 aromatic heterocycles. The molecule has 0 atom stereocenters. The van der Waals surface area contributed by atoms with Gasteiger partial charge in [0.25, 0.3) is 0 Å². The molecule has 0 radical (unpaired) electrons. The molecule has 21 aromatic carbocycles. The third-order valence-electron chi connectivity index (χ3n) is 30.7. The average Bonchev–Trinajstić information content (AvgIpc) is 0.643. The second kappa shape index (κ2) is 32.2. The SMILES string of the molecule is [Cl][Bi]12([Cl])[c]3c4cccc3N(c3ccccc3)c3cccc([c]31)N(c1ccccc1)c1cccc([c]12)N4c1ccccc1.[F][Bi]12([F])[c]3c4cccc3N(c3ccccc3)c3cccc([c]31)N(c1ccccc1)c1cccc([c]12)N4c1ccccc1.[F][Bi]12([F])[c]3c4cccc3N(c3ccccc3)c3cccc([c]31)N(c1ccccc1)c1cccc([c]12)O4.[F][Bi]12([F])[c]3c4cccc3Oc3cccc([c]31)N(c1ccccc1)c1cccc([c]12)O4. The molecule has 0 unspecified atom stereocenters. The van der Waals surface area contributed by atoms with Crippen LogP contribution in [0, 0.1) is 0 Å². The molecule has 0 amide bonds. The van der Waals surface area contributed by atoms with Crippen molar-refractivity contribution in [3.8, 4) is 34.5 Å². The number of anilines is 27. The number of hydrogen-bond donors (Lipinski definition) is 0. The Balaban J connectivity index is 0.0000000926. The van der Waals surface area contributed by atoms with Gasteiger partial charge < -0.3 is 0 Å². The Morgan fingerprint density at radius 1 is 0.127 bits per heavy atom. The second-order valence-corrected chi connectivity index (χ2v) is 101. The van der Waals surface area contributed by atoms with Crippen LogP contribution in [-0.2, 0) is 0 Å². The van der Waals surface area contributed by atoms with E-state index in [4.69, 9.17) is 31.2 Å². The molecular formula is C126H81Bi4Cl2F6N9O3. The van der Waals surface area contributed by atoms with Gasteiger partial charge in [0, 0.05) is 0 Å². The Morgan fingerprint density at radius 2 is 0.240 bits per heavy atom. The molecule has 724 valence electrons. The van der Waals surface area contributed by atoms with Gasteiger partial charge in [-0.2, -0.15) is 0 Å². The summed E-state index contributed by atoms with van der Waals surface area (Å²) in [6.45, 7) is 0. The summed E-state index contributed by atoms with van der Waals surface area (Å²) in [7, 11) is 16.9. The molecule has 24 heteroatoms. The van der Waals surface area contributed by atoms with E-state index >= 15 is 15.8 Å². The van der Waals surface area contributed by atoms with Crippen LogP contribution in [0.15, 0.2) is 491 Å². The first kappa shape index (κ1) is 90.0. The van der Waals surface area contributed by atoms with Crippen LogP contribution in [0.25, 0.3) is 0 Å². The fourth-order valence-corrected chi connectivity index (χ4v) is 97.0. The van der Waals surface area contributed by atoms with Crippen molar-refractivity contribution in [2.24, 2.45) is 0 Å². The summed E-state index contributed by atoms with van der Waals surface area (Å²) in [5.74, 6) is 1.46. The van der Waals surface area contributed by atoms with Gasteiger partial charge in [-0.05, 0) is 0 Å². The molecule has 12 nitrogen and oxygen atoms in total. The van der Waals surface area contributed by atoms with Crippen molar-refractivity contribution in [2.75, 3.05) is 44.1 Å². The molecule has 0 spiro atoms. The normalized spacial score (nSPS) is 17.7. The Bertz CT molecular complexity index is 8260. The summed E-state index contributed by atoms with van der Waals surface area (Å²) in [4.78, 5) is 19.0. The molecule has 0 saturated heterocycles. The standard InChI is InChI=1S/2C36H24N3.C30H19N2O.C24H14NO2.4Bi.2ClH.6FH/c2*1-4-13-28(14-5-1)37-31-19-10-21-33(25-31)38(29-15-6-2-7-16-29)35-23-12-24-36(27-35)39(30-17-8-3-9-18-30)34-22-11-20-32(37)26-34;1-3-10-23(11-4-1)31-25-14-7-15-26(20-25)32(24-12-5-2-6-13-24)28-17-9-19-30(22-28)33-29-18-8-16-27(31)21-29;1-2-7-18(8-3-1)25-19-9-4-11-21(15-19)26-23-13-6-14-24(17-23)27-22-12-5-10-20(25)16-22;;;;;;;;;;;;/h2*1-24H;1-19H;1-14H;;;;;8*1H/q;;;;4*+2;;;;;;;;/p-8. The molecule has 21 aromatic rings. The monoisotopic (exact) mass is 2790 g/mol. The predicted molar refractivity (Wildman–Crippen MR) is 609 cm³/mol. The molecule has 33 rings (SSSR count). The fraction of sp³-hybridized carbons (Fsp3) is 0.